The highest BCUT2D eigenvalue weighted by Gasteiger charge is 2.58. The third kappa shape index (κ3) is 7.62. The highest BCUT2D eigenvalue weighted by molar-refractivity contribution is 7.80. The van der Waals surface area contributed by atoms with Crippen LogP contribution in [0, 0.1) is 5.41 Å². The van der Waals surface area contributed by atoms with Crippen molar-refractivity contribution in [2.75, 3.05) is 5.73 Å². The number of aromatic nitrogens is 1. The Morgan fingerprint density at radius 1 is 1.22 bits per heavy atom. The number of hydrogen-bond donors (Lipinski definition) is 7. The highest BCUT2D eigenvalue weighted by Crippen LogP contribution is 2.35. The summed E-state index contributed by atoms with van der Waals surface area (Å²) in [5.41, 5.74) is 9.03. The van der Waals surface area contributed by atoms with Gasteiger partial charge in [-0.3, -0.25) is 19.6 Å². The number of fused-ring (bicyclic) bond motifs is 1. The number of benzene rings is 1. The lowest BCUT2D eigenvalue weighted by Gasteiger charge is -2.50. The number of carboxylic acid groups (broad SMARTS) is 1. The number of nitrogens with two attached hydrogens (primary N) is 2. The maximum Gasteiger partial charge on any atom is 0.418 e. The zero-order valence-corrected chi connectivity index (χ0v) is 28.5. The Hall–Kier alpha value is -4.37. The van der Waals surface area contributed by atoms with Crippen molar-refractivity contribution < 1.29 is 46.3 Å². The Balaban J connectivity index is 1.32. The number of amides is 2. The standard InChI is InChI=1S/C29H38N8O10S2/c1-28(2)22(25(39)37(28)47-49(42,43)44)35-24(38)21(18-13-48-27(32)34-18)36-46-29(3,26(40)41)20-11-5-14-12-15(4-10-19(14)45-20)23(31)33-17-8-6-16(30)7-9-17/h4,10,12-13,16-17,20,22H,5-9,11,30H2,1-3H3,(H2,31,33)(H2,32,34)(H,35,38)(H,40,41)(H,42,43,44)/b36-21-/t16-,17+,20?,22?,29-/m0/s1. The van der Waals surface area contributed by atoms with Crippen LogP contribution in [0.4, 0.5) is 5.13 Å². The van der Waals surface area contributed by atoms with Gasteiger partial charge in [0.15, 0.2) is 16.9 Å². The summed E-state index contributed by atoms with van der Waals surface area (Å²) in [7, 11) is -5.03. The lowest BCUT2D eigenvalue weighted by Crippen LogP contribution is -2.76. The van der Waals surface area contributed by atoms with E-state index in [1.54, 1.807) is 12.1 Å². The molecule has 266 valence electrons. The fourth-order valence-electron chi connectivity index (χ4n) is 5.88. The van der Waals surface area contributed by atoms with Crippen molar-refractivity contribution in [2.45, 2.75) is 94.7 Å². The lowest BCUT2D eigenvalue weighted by atomic mass is 9.84. The van der Waals surface area contributed by atoms with Crippen molar-refractivity contribution in [1.29, 1.82) is 5.41 Å². The van der Waals surface area contributed by atoms with Crippen LogP contribution in [0.2, 0.25) is 0 Å². The first-order chi connectivity index (χ1) is 22.9. The average Bonchev–Trinajstić information content (AvgIpc) is 3.47. The molecule has 2 aliphatic heterocycles. The number of β-lactam (4-membered cyclic amide) rings is 1. The van der Waals surface area contributed by atoms with E-state index in [9.17, 15) is 27.9 Å². The van der Waals surface area contributed by atoms with Crippen molar-refractivity contribution in [3.8, 4) is 5.75 Å². The molecule has 3 aliphatic rings. The number of rotatable bonds is 11. The molecule has 3 heterocycles. The fourth-order valence-corrected chi connectivity index (χ4v) is 6.88. The average molecular weight is 723 g/mol. The summed E-state index contributed by atoms with van der Waals surface area (Å²) in [6.45, 7) is 3.98. The number of amidine groups is 1. The molecule has 1 aromatic heterocycles. The third-order valence-corrected chi connectivity index (χ3v) is 9.89. The number of carbonyl (C=O) groups excluding carboxylic acids is 2. The molecule has 2 unspecified atom stereocenters. The first kappa shape index (κ1) is 35.9. The zero-order chi connectivity index (χ0) is 35.9. The smallest absolute Gasteiger partial charge is 0.418 e. The van der Waals surface area contributed by atoms with E-state index in [0.717, 1.165) is 42.6 Å². The van der Waals surface area contributed by atoms with E-state index in [0.29, 0.717) is 22.8 Å². The number of nitrogen functional groups attached to an aromatic ring is 1. The summed E-state index contributed by atoms with van der Waals surface area (Å²) in [5.74, 6) is -2.77. The molecular formula is C29H38N8O10S2. The van der Waals surface area contributed by atoms with Crippen LogP contribution >= 0.6 is 11.3 Å². The number of hydrogen-bond acceptors (Lipinski definition) is 14. The summed E-state index contributed by atoms with van der Waals surface area (Å²) >= 11 is 0.964. The monoisotopic (exact) mass is 722 g/mol. The van der Waals surface area contributed by atoms with Gasteiger partial charge in [0, 0.05) is 23.0 Å². The number of nitrogens with one attached hydrogen (secondary N) is 3. The van der Waals surface area contributed by atoms with E-state index in [1.165, 1.54) is 26.2 Å². The zero-order valence-electron chi connectivity index (χ0n) is 26.8. The van der Waals surface area contributed by atoms with Crippen LogP contribution in [-0.2, 0) is 40.3 Å². The molecule has 0 spiro atoms. The number of anilines is 1. The van der Waals surface area contributed by atoms with Gasteiger partial charge < -0.3 is 36.8 Å². The normalized spacial score (nSPS) is 24.8. The van der Waals surface area contributed by atoms with Gasteiger partial charge in [0.2, 0.25) is 0 Å². The lowest BCUT2D eigenvalue weighted by molar-refractivity contribution is -0.218. The highest BCUT2D eigenvalue weighted by atomic mass is 32.3. The second kappa shape index (κ2) is 13.5. The minimum Gasteiger partial charge on any atom is -0.485 e. The Kier molecular flexibility index (Phi) is 9.90. The predicted molar refractivity (Wildman–Crippen MR) is 175 cm³/mol. The van der Waals surface area contributed by atoms with E-state index >= 15 is 0 Å². The van der Waals surface area contributed by atoms with Crippen LogP contribution in [0.25, 0.3) is 0 Å². The summed E-state index contributed by atoms with van der Waals surface area (Å²) in [6.07, 6.45) is 3.08. The molecule has 20 heteroatoms. The molecule has 9 N–H and O–H groups in total. The summed E-state index contributed by atoms with van der Waals surface area (Å²) in [4.78, 5) is 48.3. The minimum absolute atomic E-state index is 0.0575. The number of carbonyl (C=O) groups is 3. The molecule has 49 heavy (non-hydrogen) atoms. The molecule has 1 aliphatic carbocycles. The van der Waals surface area contributed by atoms with Gasteiger partial charge in [-0.2, -0.15) is 13.5 Å². The molecule has 2 fully saturated rings. The first-order valence-electron chi connectivity index (χ1n) is 15.3. The van der Waals surface area contributed by atoms with Gasteiger partial charge in [-0.05, 0) is 83.1 Å². The van der Waals surface area contributed by atoms with E-state index in [1.807, 2.05) is 6.07 Å². The molecule has 0 bridgehead atoms. The quantitative estimate of drug-likeness (QED) is 0.0553. The predicted octanol–water partition coefficient (Wildman–Crippen LogP) is 0.708. The van der Waals surface area contributed by atoms with Crippen LogP contribution in [0.1, 0.15) is 69.7 Å². The van der Waals surface area contributed by atoms with Crippen molar-refractivity contribution in [1.82, 2.24) is 20.7 Å². The van der Waals surface area contributed by atoms with Gasteiger partial charge in [0.05, 0.1) is 5.54 Å². The topological polar surface area (TPSA) is 282 Å². The maximum absolute atomic E-state index is 13.5. The number of oxime groups is 1. The largest absolute Gasteiger partial charge is 0.485 e. The molecule has 1 saturated heterocycles. The maximum atomic E-state index is 13.5. The second-order valence-corrected chi connectivity index (χ2v) is 14.7. The van der Waals surface area contributed by atoms with Crippen LogP contribution in [0.5, 0.6) is 5.75 Å². The van der Waals surface area contributed by atoms with Gasteiger partial charge in [0.1, 0.15) is 23.3 Å². The number of carboxylic acids is 1. The molecular weight excluding hydrogens is 684 g/mol. The van der Waals surface area contributed by atoms with Crippen molar-refractivity contribution in [3.05, 3.63) is 40.4 Å². The molecule has 2 aromatic rings. The van der Waals surface area contributed by atoms with E-state index < -0.39 is 57.2 Å². The minimum atomic E-state index is -5.03. The van der Waals surface area contributed by atoms with Gasteiger partial charge >= 0.3 is 16.4 Å². The number of nitrogens with zero attached hydrogens (tertiary/aromatic N) is 3. The van der Waals surface area contributed by atoms with Crippen molar-refractivity contribution in [2.24, 2.45) is 10.9 Å². The van der Waals surface area contributed by atoms with Gasteiger partial charge in [-0.15, -0.1) is 15.6 Å². The summed E-state index contributed by atoms with van der Waals surface area (Å²) in [6, 6.07) is 4.22. The van der Waals surface area contributed by atoms with Gasteiger partial charge in [-0.25, -0.2) is 9.78 Å². The number of thiazole rings is 1. The third-order valence-electron chi connectivity index (χ3n) is 8.88. The number of aliphatic carboxylic acids is 1. The van der Waals surface area contributed by atoms with Crippen LogP contribution < -0.4 is 26.8 Å². The summed E-state index contributed by atoms with van der Waals surface area (Å²) in [5, 5.41) is 30.2. The van der Waals surface area contributed by atoms with Gasteiger partial charge in [0.25, 0.3) is 17.4 Å². The number of hydroxylamine groups is 2. The van der Waals surface area contributed by atoms with E-state index in [2.05, 4.69) is 25.1 Å². The first-order valence-corrected chi connectivity index (χ1v) is 17.6. The Morgan fingerprint density at radius 3 is 2.51 bits per heavy atom. The fraction of sp³-hybridized carbons (Fsp3) is 0.517. The van der Waals surface area contributed by atoms with Crippen molar-refractivity contribution in [3.63, 3.8) is 0 Å². The van der Waals surface area contributed by atoms with Gasteiger partial charge in [-0.1, -0.05) is 5.16 Å². The molecule has 3 atom stereocenters. The van der Waals surface area contributed by atoms with E-state index in [-0.39, 0.29) is 35.2 Å². The Bertz CT molecular complexity index is 1790. The van der Waals surface area contributed by atoms with E-state index in [4.69, 9.17) is 31.0 Å². The molecule has 2 amide bonds. The van der Waals surface area contributed by atoms with Crippen LogP contribution in [0.3, 0.4) is 0 Å². The Labute approximate surface area is 285 Å². The molecule has 0 radical (unpaired) electrons. The Morgan fingerprint density at radius 2 is 1.92 bits per heavy atom. The molecule has 5 rings (SSSR count). The summed E-state index contributed by atoms with van der Waals surface area (Å²) < 4.78 is 41.7. The van der Waals surface area contributed by atoms with Crippen LogP contribution in [-0.4, -0.2) is 92.8 Å². The van der Waals surface area contributed by atoms with Crippen molar-refractivity contribution >= 4 is 56.2 Å². The second-order valence-electron chi connectivity index (χ2n) is 12.8. The number of ether oxygens (including phenoxy) is 1. The number of aryl methyl sites for hydroxylation is 1. The molecule has 1 aromatic carbocycles. The molecule has 18 nitrogen and oxygen atoms in total. The SMILES string of the molecule is CC1(C)C(NC(=O)/C(=N\O[C@](C)(C(=O)O)C2CCc3cc(C(=N)N[C@H]4CC[C@@H](N)CC4)ccc3O2)c2csc(N)n2)C(=O)N1OS(=O)(=O)O. The van der Waals surface area contributed by atoms with Crippen LogP contribution in [0.15, 0.2) is 28.7 Å². The molecule has 1 saturated carbocycles.